The van der Waals surface area contributed by atoms with E-state index in [1.807, 2.05) is 24.3 Å². The molecule has 0 fully saturated rings. The first kappa shape index (κ1) is 19.0. The van der Waals surface area contributed by atoms with Crippen LogP contribution in [0.2, 0.25) is 0 Å². The van der Waals surface area contributed by atoms with Crippen LogP contribution in [0.15, 0.2) is 46.9 Å². The van der Waals surface area contributed by atoms with Gasteiger partial charge in [-0.2, -0.15) is 0 Å². The number of rotatable bonds is 6. The highest BCUT2D eigenvalue weighted by molar-refractivity contribution is 9.10. The topological polar surface area (TPSA) is 64.6 Å². The molecule has 1 N–H and O–H groups in total. The van der Waals surface area contributed by atoms with E-state index in [9.17, 15) is 9.59 Å². The molecule has 0 unspecified atom stereocenters. The number of aryl methyl sites for hydroxylation is 1. The monoisotopic (exact) mass is 405 g/mol. The highest BCUT2D eigenvalue weighted by atomic mass is 79.9. The van der Waals surface area contributed by atoms with Crippen LogP contribution < -0.4 is 10.1 Å². The van der Waals surface area contributed by atoms with Gasteiger partial charge in [-0.05, 0) is 65.2 Å². The third-order valence-electron chi connectivity index (χ3n) is 3.67. The molecular weight excluding hydrogens is 386 g/mol. The second-order valence-electron chi connectivity index (χ2n) is 5.44. The molecule has 0 aliphatic heterocycles. The number of hydrogen-bond donors (Lipinski definition) is 1. The van der Waals surface area contributed by atoms with Gasteiger partial charge in [-0.3, -0.25) is 4.79 Å². The van der Waals surface area contributed by atoms with E-state index in [0.29, 0.717) is 21.5 Å². The number of hydrogen-bond acceptors (Lipinski definition) is 4. The fourth-order valence-corrected chi connectivity index (χ4v) is 2.68. The Balaban J connectivity index is 1.97. The molecule has 132 valence electrons. The molecule has 0 aromatic heterocycles. The van der Waals surface area contributed by atoms with Gasteiger partial charge in [0.1, 0.15) is 5.75 Å². The Kier molecular flexibility index (Phi) is 6.58. The summed E-state index contributed by atoms with van der Waals surface area (Å²) >= 11 is 3.31. The number of ether oxygens (including phenoxy) is 2. The smallest absolute Gasteiger partial charge is 0.338 e. The van der Waals surface area contributed by atoms with Crippen molar-refractivity contribution < 1.29 is 19.1 Å². The normalized spacial score (nSPS) is 11.5. The van der Waals surface area contributed by atoms with E-state index in [1.165, 1.54) is 19.6 Å². The Morgan fingerprint density at radius 2 is 1.84 bits per heavy atom. The predicted molar refractivity (Wildman–Crippen MR) is 100 cm³/mol. The van der Waals surface area contributed by atoms with Crippen LogP contribution in [0.3, 0.4) is 0 Å². The molecule has 2 aromatic rings. The quantitative estimate of drug-likeness (QED) is 0.731. The lowest BCUT2D eigenvalue weighted by atomic mass is 10.1. The van der Waals surface area contributed by atoms with Crippen molar-refractivity contribution in [3.63, 3.8) is 0 Å². The Labute approximate surface area is 155 Å². The molecule has 0 saturated heterocycles. The molecule has 5 nitrogen and oxygen atoms in total. The lowest BCUT2D eigenvalue weighted by molar-refractivity contribution is -0.123. The molecule has 0 radical (unpaired) electrons. The molecule has 1 atom stereocenters. The van der Waals surface area contributed by atoms with Gasteiger partial charge in [0.25, 0.3) is 5.91 Å². The van der Waals surface area contributed by atoms with Crippen LogP contribution in [0.25, 0.3) is 0 Å². The molecule has 0 heterocycles. The molecule has 0 aliphatic carbocycles. The van der Waals surface area contributed by atoms with Crippen molar-refractivity contribution in [1.29, 1.82) is 0 Å². The molecule has 0 aliphatic rings. The SMILES string of the molecule is CCc1ccc(NC(=O)[C@H](C)OC(=O)c2ccc(OC)c(Br)c2)cc1. The number of anilines is 1. The summed E-state index contributed by atoms with van der Waals surface area (Å²) in [7, 11) is 1.54. The summed E-state index contributed by atoms with van der Waals surface area (Å²) < 4.78 is 11.0. The Morgan fingerprint density at radius 3 is 2.40 bits per heavy atom. The van der Waals surface area contributed by atoms with Crippen LogP contribution in [-0.2, 0) is 16.0 Å². The van der Waals surface area contributed by atoms with E-state index >= 15 is 0 Å². The van der Waals surface area contributed by atoms with Gasteiger partial charge < -0.3 is 14.8 Å². The minimum absolute atomic E-state index is 0.333. The third kappa shape index (κ3) is 5.06. The number of amides is 1. The average Bonchev–Trinajstić information content (AvgIpc) is 2.62. The predicted octanol–water partition coefficient (Wildman–Crippen LogP) is 4.20. The maximum atomic E-state index is 12.2. The fourth-order valence-electron chi connectivity index (χ4n) is 2.14. The lowest BCUT2D eigenvalue weighted by Gasteiger charge is -2.14. The number of carbonyl (C=O) groups is 2. The zero-order chi connectivity index (χ0) is 18.4. The fraction of sp³-hybridized carbons (Fsp3) is 0.263. The number of benzene rings is 2. The van der Waals surface area contributed by atoms with E-state index in [4.69, 9.17) is 9.47 Å². The first-order valence-electron chi connectivity index (χ1n) is 7.89. The zero-order valence-electron chi connectivity index (χ0n) is 14.3. The van der Waals surface area contributed by atoms with Gasteiger partial charge in [0.15, 0.2) is 6.10 Å². The van der Waals surface area contributed by atoms with Gasteiger partial charge >= 0.3 is 5.97 Å². The van der Waals surface area contributed by atoms with E-state index in [2.05, 4.69) is 28.2 Å². The highest BCUT2D eigenvalue weighted by Gasteiger charge is 2.19. The minimum atomic E-state index is -0.917. The van der Waals surface area contributed by atoms with Crippen LogP contribution in [-0.4, -0.2) is 25.1 Å². The largest absolute Gasteiger partial charge is 0.496 e. The van der Waals surface area contributed by atoms with Crippen LogP contribution in [0.5, 0.6) is 5.75 Å². The minimum Gasteiger partial charge on any atom is -0.496 e. The number of methoxy groups -OCH3 is 1. The first-order valence-corrected chi connectivity index (χ1v) is 8.68. The van der Waals surface area contributed by atoms with Crippen LogP contribution in [0.1, 0.15) is 29.8 Å². The summed E-state index contributed by atoms with van der Waals surface area (Å²) in [6.45, 7) is 3.60. The van der Waals surface area contributed by atoms with Crippen molar-refractivity contribution in [1.82, 2.24) is 0 Å². The first-order chi connectivity index (χ1) is 11.9. The van der Waals surface area contributed by atoms with Crippen molar-refractivity contribution >= 4 is 33.5 Å². The van der Waals surface area contributed by atoms with Crippen molar-refractivity contribution in [3.8, 4) is 5.75 Å². The molecule has 25 heavy (non-hydrogen) atoms. The zero-order valence-corrected chi connectivity index (χ0v) is 15.9. The Morgan fingerprint density at radius 1 is 1.16 bits per heavy atom. The molecule has 0 spiro atoms. The van der Waals surface area contributed by atoms with Gasteiger partial charge in [-0.1, -0.05) is 19.1 Å². The van der Waals surface area contributed by atoms with Crippen LogP contribution in [0, 0.1) is 0 Å². The maximum absolute atomic E-state index is 12.2. The molecule has 2 aromatic carbocycles. The van der Waals surface area contributed by atoms with Gasteiger partial charge in [0.2, 0.25) is 0 Å². The molecule has 0 bridgehead atoms. The second kappa shape index (κ2) is 8.67. The van der Waals surface area contributed by atoms with Crippen molar-refractivity contribution in [2.75, 3.05) is 12.4 Å². The van der Waals surface area contributed by atoms with Gasteiger partial charge in [0, 0.05) is 5.69 Å². The Bertz CT molecular complexity index is 759. The summed E-state index contributed by atoms with van der Waals surface area (Å²) in [5.74, 6) is -0.352. The summed E-state index contributed by atoms with van der Waals surface area (Å²) in [5.41, 5.74) is 2.18. The standard InChI is InChI=1S/C19H20BrNO4/c1-4-13-5-8-15(9-6-13)21-18(22)12(2)25-19(23)14-7-10-17(24-3)16(20)11-14/h5-12H,4H2,1-3H3,(H,21,22)/t12-/m0/s1. The second-order valence-corrected chi connectivity index (χ2v) is 6.29. The van der Waals surface area contributed by atoms with Crippen LogP contribution >= 0.6 is 15.9 Å². The van der Waals surface area contributed by atoms with Crippen LogP contribution in [0.4, 0.5) is 5.69 Å². The molecule has 6 heteroatoms. The number of nitrogens with one attached hydrogen (secondary N) is 1. The lowest BCUT2D eigenvalue weighted by Crippen LogP contribution is -2.30. The molecule has 0 saturated carbocycles. The molecule has 1 amide bonds. The van der Waals surface area contributed by atoms with Crippen molar-refractivity contribution in [2.24, 2.45) is 0 Å². The summed E-state index contributed by atoms with van der Waals surface area (Å²) in [6.07, 6.45) is 0.0128. The molecular formula is C19H20BrNO4. The van der Waals surface area contributed by atoms with E-state index < -0.39 is 12.1 Å². The summed E-state index contributed by atoms with van der Waals surface area (Å²) in [6, 6.07) is 12.4. The maximum Gasteiger partial charge on any atom is 0.338 e. The number of esters is 1. The number of carbonyl (C=O) groups excluding carboxylic acids is 2. The summed E-state index contributed by atoms with van der Waals surface area (Å²) in [4.78, 5) is 24.4. The van der Waals surface area contributed by atoms with Gasteiger partial charge in [-0.25, -0.2) is 4.79 Å². The molecule has 2 rings (SSSR count). The van der Waals surface area contributed by atoms with Crippen molar-refractivity contribution in [2.45, 2.75) is 26.4 Å². The average molecular weight is 406 g/mol. The van der Waals surface area contributed by atoms with Gasteiger partial charge in [0.05, 0.1) is 17.1 Å². The van der Waals surface area contributed by atoms with E-state index in [-0.39, 0.29) is 5.91 Å². The number of halogens is 1. The summed E-state index contributed by atoms with van der Waals surface area (Å²) in [5, 5.41) is 2.73. The highest BCUT2D eigenvalue weighted by Crippen LogP contribution is 2.26. The Hall–Kier alpha value is -2.34. The van der Waals surface area contributed by atoms with E-state index in [1.54, 1.807) is 18.2 Å². The third-order valence-corrected chi connectivity index (χ3v) is 4.29. The van der Waals surface area contributed by atoms with E-state index in [0.717, 1.165) is 6.42 Å². The van der Waals surface area contributed by atoms with Crippen molar-refractivity contribution in [3.05, 3.63) is 58.1 Å². The van der Waals surface area contributed by atoms with Gasteiger partial charge in [-0.15, -0.1) is 0 Å².